The molecule has 5 heterocycles. The molecule has 1 amide bonds. The summed E-state index contributed by atoms with van der Waals surface area (Å²) in [5.74, 6) is 1.44. The number of nitrogens with one attached hydrogen (secondary N) is 3. The van der Waals surface area contributed by atoms with Gasteiger partial charge in [-0.05, 0) is 76.4 Å². The zero-order valence-corrected chi connectivity index (χ0v) is 22.3. The minimum Gasteiger partial charge on any atom is -0.450 e. The molecule has 0 bridgehead atoms. The Balaban J connectivity index is 1.09. The summed E-state index contributed by atoms with van der Waals surface area (Å²) in [6, 6.07) is 5.43. The van der Waals surface area contributed by atoms with Gasteiger partial charge >= 0.3 is 5.69 Å². The van der Waals surface area contributed by atoms with Crippen molar-refractivity contribution < 1.29 is 9.53 Å². The zero-order valence-electron chi connectivity index (χ0n) is 22.3. The van der Waals surface area contributed by atoms with E-state index in [1.54, 1.807) is 33.9 Å². The molecule has 0 saturated carbocycles. The van der Waals surface area contributed by atoms with Crippen molar-refractivity contribution in [3.8, 4) is 11.5 Å². The average molecular weight is 538 g/mol. The molecule has 12 nitrogen and oxygen atoms in total. The Kier molecular flexibility index (Phi) is 7.54. The number of piperidine rings is 1. The molecule has 1 aromatic heterocycles. The third-order valence-electron chi connectivity index (χ3n) is 8.18. The van der Waals surface area contributed by atoms with E-state index in [2.05, 4.69) is 25.8 Å². The molecule has 7 N–H and O–H groups in total. The predicted molar refractivity (Wildman–Crippen MR) is 148 cm³/mol. The van der Waals surface area contributed by atoms with Crippen LogP contribution in [0.25, 0.3) is 0 Å². The van der Waals surface area contributed by atoms with Crippen molar-refractivity contribution in [1.82, 2.24) is 30.0 Å². The fourth-order valence-corrected chi connectivity index (χ4v) is 5.89. The number of aromatic nitrogens is 2. The largest absolute Gasteiger partial charge is 0.450 e. The minimum atomic E-state index is -0.293. The van der Waals surface area contributed by atoms with Gasteiger partial charge in [0, 0.05) is 37.3 Å². The SMILES string of the molecule is NC1NC1NCCCN1CCCC(n2cc3c(nc2=O)Nc2cc(C(=O)N4CCC[C@H](N)C4)ccc2O3)CC1. The molecule has 3 fully saturated rings. The molecule has 12 heteroatoms. The molecule has 0 aliphatic carbocycles. The van der Waals surface area contributed by atoms with Crippen LogP contribution in [-0.4, -0.2) is 82.9 Å². The molecule has 4 aliphatic rings. The second-order valence-corrected chi connectivity index (χ2v) is 11.1. The van der Waals surface area contributed by atoms with E-state index in [4.69, 9.17) is 16.2 Å². The highest BCUT2D eigenvalue weighted by Gasteiger charge is 2.31. The van der Waals surface area contributed by atoms with E-state index in [0.717, 1.165) is 64.7 Å². The van der Waals surface area contributed by atoms with Gasteiger partial charge in [0.05, 0.1) is 24.2 Å². The fraction of sp³-hybridized carbons (Fsp3) is 0.593. The maximum atomic E-state index is 13.1. The second-order valence-electron chi connectivity index (χ2n) is 11.1. The molecule has 3 unspecified atom stereocenters. The molecule has 210 valence electrons. The highest BCUT2D eigenvalue weighted by molar-refractivity contribution is 5.96. The van der Waals surface area contributed by atoms with Crippen LogP contribution in [0.15, 0.2) is 29.2 Å². The number of nitrogens with zero attached hydrogens (tertiary/aromatic N) is 4. The molecule has 0 radical (unpaired) electrons. The van der Waals surface area contributed by atoms with E-state index in [1.807, 2.05) is 0 Å². The van der Waals surface area contributed by atoms with Crippen molar-refractivity contribution in [3.63, 3.8) is 0 Å². The zero-order chi connectivity index (χ0) is 26.9. The van der Waals surface area contributed by atoms with E-state index in [1.165, 1.54) is 0 Å². The highest BCUT2D eigenvalue weighted by Crippen LogP contribution is 2.41. The molecule has 2 aromatic rings. The van der Waals surface area contributed by atoms with Gasteiger partial charge in [0.15, 0.2) is 17.3 Å². The van der Waals surface area contributed by atoms with Crippen molar-refractivity contribution in [1.29, 1.82) is 0 Å². The quantitative estimate of drug-likeness (QED) is 0.216. The first-order valence-corrected chi connectivity index (χ1v) is 14.2. The Morgan fingerprint density at radius 2 is 1.97 bits per heavy atom. The van der Waals surface area contributed by atoms with E-state index < -0.39 is 0 Å². The number of nitrogens with two attached hydrogens (primary N) is 2. The lowest BCUT2D eigenvalue weighted by molar-refractivity contribution is 0.0709. The molecular weight excluding hydrogens is 498 g/mol. The van der Waals surface area contributed by atoms with Crippen LogP contribution in [0, 0.1) is 0 Å². The van der Waals surface area contributed by atoms with Crippen molar-refractivity contribution in [2.75, 3.05) is 44.6 Å². The van der Waals surface area contributed by atoms with Crippen LogP contribution in [0.2, 0.25) is 0 Å². The number of likely N-dealkylation sites (tertiary alicyclic amines) is 2. The number of carbonyl (C=O) groups is 1. The molecule has 6 rings (SSSR count). The summed E-state index contributed by atoms with van der Waals surface area (Å²) in [5, 5.41) is 9.75. The number of amides is 1. The fourth-order valence-electron chi connectivity index (χ4n) is 5.89. The summed E-state index contributed by atoms with van der Waals surface area (Å²) in [7, 11) is 0. The van der Waals surface area contributed by atoms with E-state index in [0.29, 0.717) is 41.7 Å². The molecule has 4 atom stereocenters. The smallest absolute Gasteiger partial charge is 0.350 e. The Bertz CT molecular complexity index is 1270. The molecular formula is C27H39N9O3. The van der Waals surface area contributed by atoms with Crippen LogP contribution >= 0.6 is 0 Å². The highest BCUT2D eigenvalue weighted by atomic mass is 16.5. The third-order valence-corrected chi connectivity index (χ3v) is 8.18. The monoisotopic (exact) mass is 537 g/mol. The van der Waals surface area contributed by atoms with Gasteiger partial charge in [0.2, 0.25) is 0 Å². The second kappa shape index (κ2) is 11.2. The number of anilines is 2. The van der Waals surface area contributed by atoms with Gasteiger partial charge in [-0.25, -0.2) is 4.79 Å². The third kappa shape index (κ3) is 5.94. The summed E-state index contributed by atoms with van der Waals surface area (Å²) >= 11 is 0. The van der Waals surface area contributed by atoms with Gasteiger partial charge in [-0.2, -0.15) is 4.98 Å². The summed E-state index contributed by atoms with van der Waals surface area (Å²) in [6.45, 7) is 5.20. The molecule has 1 aromatic carbocycles. The summed E-state index contributed by atoms with van der Waals surface area (Å²) in [4.78, 5) is 34.7. The average Bonchev–Trinajstić information content (AvgIpc) is 3.69. The molecule has 4 aliphatic heterocycles. The van der Waals surface area contributed by atoms with Crippen LogP contribution in [0.1, 0.15) is 54.9 Å². The van der Waals surface area contributed by atoms with E-state index in [9.17, 15) is 9.59 Å². The van der Waals surface area contributed by atoms with Gasteiger partial charge in [-0.1, -0.05) is 0 Å². The van der Waals surface area contributed by atoms with Crippen LogP contribution in [0.3, 0.4) is 0 Å². The lowest BCUT2D eigenvalue weighted by atomic mass is 10.0. The number of fused-ring (bicyclic) bond motifs is 2. The van der Waals surface area contributed by atoms with Crippen LogP contribution < -0.4 is 37.8 Å². The first-order chi connectivity index (χ1) is 18.9. The maximum absolute atomic E-state index is 13.1. The van der Waals surface area contributed by atoms with Gasteiger partial charge in [-0.3, -0.25) is 20.0 Å². The molecule has 3 saturated heterocycles. The van der Waals surface area contributed by atoms with Crippen molar-refractivity contribution in [2.45, 2.75) is 62.9 Å². The number of hydrogen-bond acceptors (Lipinski definition) is 10. The Morgan fingerprint density at radius 1 is 1.13 bits per heavy atom. The lowest BCUT2D eigenvalue weighted by Gasteiger charge is -2.31. The number of hydrogen-bond donors (Lipinski definition) is 5. The summed E-state index contributed by atoms with van der Waals surface area (Å²) < 4.78 is 7.88. The summed E-state index contributed by atoms with van der Waals surface area (Å²) in [5.41, 5.74) is 12.7. The van der Waals surface area contributed by atoms with Crippen molar-refractivity contribution in [2.24, 2.45) is 11.5 Å². The Morgan fingerprint density at radius 3 is 2.79 bits per heavy atom. The maximum Gasteiger partial charge on any atom is 0.350 e. The lowest BCUT2D eigenvalue weighted by Crippen LogP contribution is -2.45. The minimum absolute atomic E-state index is 0.0171. The molecule has 0 spiro atoms. The van der Waals surface area contributed by atoms with Gasteiger partial charge in [-0.15, -0.1) is 0 Å². The van der Waals surface area contributed by atoms with E-state index in [-0.39, 0.29) is 36.0 Å². The normalized spacial score (nSPS) is 26.6. The number of rotatable bonds is 7. The Labute approximate surface area is 228 Å². The van der Waals surface area contributed by atoms with Crippen molar-refractivity contribution in [3.05, 3.63) is 40.4 Å². The van der Waals surface area contributed by atoms with Gasteiger partial charge in [0.1, 0.15) is 0 Å². The van der Waals surface area contributed by atoms with Crippen LogP contribution in [-0.2, 0) is 0 Å². The predicted octanol–water partition coefficient (Wildman–Crippen LogP) is 0.877. The Hall–Kier alpha value is -3.03. The number of ether oxygens (including phenoxy) is 1. The number of benzene rings is 1. The standard InChI is InChI=1S/C27H39N9O3/c28-18-4-1-12-35(15-18)26(37)17-6-7-21-20(14-17)31-24-22(39-21)16-36(27(38)33-24)19-5-2-10-34(13-8-19)11-3-9-30-25-23(29)32-25/h6-7,14,16,18-19,23,25,30,32H,1-5,8-13,15,28-29H2,(H,31,33,38)/t18-,19?,23?,25?/m0/s1. The van der Waals surface area contributed by atoms with Crippen LogP contribution in [0.4, 0.5) is 11.5 Å². The van der Waals surface area contributed by atoms with Gasteiger partial charge in [0.25, 0.3) is 5.91 Å². The first kappa shape index (κ1) is 26.2. The summed E-state index contributed by atoms with van der Waals surface area (Å²) in [6.07, 6.45) is 7.88. The molecule has 39 heavy (non-hydrogen) atoms. The topological polar surface area (TPSA) is 166 Å². The van der Waals surface area contributed by atoms with Gasteiger partial charge < -0.3 is 31.3 Å². The van der Waals surface area contributed by atoms with Crippen molar-refractivity contribution >= 4 is 17.4 Å². The van der Waals surface area contributed by atoms with Crippen LogP contribution in [0.5, 0.6) is 11.5 Å². The number of carbonyl (C=O) groups excluding carboxylic acids is 1. The first-order valence-electron chi connectivity index (χ1n) is 14.2. The van der Waals surface area contributed by atoms with E-state index >= 15 is 0 Å².